The minimum absolute atomic E-state index is 0.102. The summed E-state index contributed by atoms with van der Waals surface area (Å²) >= 11 is 0. The molecular weight excluding hydrogens is 1150 g/mol. The van der Waals surface area contributed by atoms with Crippen LogP contribution in [-0.4, -0.2) is 96.7 Å². The molecule has 0 bridgehead atoms. The van der Waals surface area contributed by atoms with Crippen molar-refractivity contribution in [2.45, 2.75) is 368 Å². The van der Waals surface area contributed by atoms with Crippen molar-refractivity contribution in [1.82, 2.24) is 0 Å². The van der Waals surface area contributed by atoms with E-state index in [1.807, 2.05) is 0 Å². The second-order valence-electron chi connectivity index (χ2n) is 25.0. The molecule has 0 radical (unpaired) electrons. The lowest BCUT2D eigenvalue weighted by molar-refractivity contribution is -0.161. The predicted octanol–water partition coefficient (Wildman–Crippen LogP) is 19.4. The monoisotopic (exact) mass is 1280 g/mol. The number of aliphatic hydroxyl groups excluding tert-OH is 1. The molecule has 5 atom stereocenters. The van der Waals surface area contributed by atoms with E-state index in [-0.39, 0.29) is 25.7 Å². The van der Waals surface area contributed by atoms with Crippen LogP contribution in [0, 0.1) is 5.92 Å². The molecule has 0 spiro atoms. The third kappa shape index (κ3) is 62.6. The minimum Gasteiger partial charge on any atom is -0.462 e. The standard InChI is InChI=1S/C68H132O17P2/c1-6-9-12-15-18-21-23-25-26-27-28-29-31-34-37-43-48-53-67(72)84-63(57-79-66(71)52-47-42-36-33-30-24-22-19-16-13-10-7-2)59-82-86(74,75)80-55-62(69)56-81-87(76,77)83-60-64(85-68(73)54-49-44-39-38-40-45-50-61(4)5)58-78-65(70)51-46-41-35-32-20-17-14-11-8-3/h61-64,69H,6-60H2,1-5H3,(H,74,75)(H,76,77)/t62-,63-,64-/m1/s1. The van der Waals surface area contributed by atoms with Crippen molar-refractivity contribution in [3.63, 3.8) is 0 Å². The van der Waals surface area contributed by atoms with Gasteiger partial charge in [-0.3, -0.25) is 37.3 Å². The lowest BCUT2D eigenvalue weighted by Gasteiger charge is -2.21. The van der Waals surface area contributed by atoms with E-state index in [0.29, 0.717) is 31.6 Å². The average Bonchev–Trinajstić information content (AvgIpc) is 3.61. The van der Waals surface area contributed by atoms with Gasteiger partial charge in [-0.1, -0.05) is 298 Å². The Labute approximate surface area is 530 Å². The zero-order valence-electron chi connectivity index (χ0n) is 56.2. The van der Waals surface area contributed by atoms with E-state index in [0.717, 1.165) is 89.9 Å². The number of hydrogen-bond donors (Lipinski definition) is 3. The highest BCUT2D eigenvalue weighted by molar-refractivity contribution is 7.47. The Balaban J connectivity index is 5.20. The molecule has 0 rings (SSSR count). The molecule has 0 aliphatic heterocycles. The molecule has 2 unspecified atom stereocenters. The largest absolute Gasteiger partial charge is 0.472 e. The Morgan fingerprint density at radius 2 is 0.529 bits per heavy atom. The maximum atomic E-state index is 13.0. The van der Waals surface area contributed by atoms with Crippen LogP contribution in [0.3, 0.4) is 0 Å². The van der Waals surface area contributed by atoms with Crippen molar-refractivity contribution in [2.24, 2.45) is 5.92 Å². The van der Waals surface area contributed by atoms with E-state index >= 15 is 0 Å². The number of aliphatic hydroxyl groups is 1. The van der Waals surface area contributed by atoms with Gasteiger partial charge in [-0.05, 0) is 31.6 Å². The maximum absolute atomic E-state index is 13.0. The molecule has 0 heterocycles. The summed E-state index contributed by atoms with van der Waals surface area (Å²) < 4.78 is 68.1. The number of rotatable bonds is 68. The van der Waals surface area contributed by atoms with Crippen molar-refractivity contribution in [3.05, 3.63) is 0 Å². The molecule has 0 fully saturated rings. The highest BCUT2D eigenvalue weighted by Crippen LogP contribution is 2.45. The van der Waals surface area contributed by atoms with E-state index in [1.165, 1.54) is 173 Å². The third-order valence-electron chi connectivity index (χ3n) is 15.8. The van der Waals surface area contributed by atoms with Crippen molar-refractivity contribution >= 4 is 39.5 Å². The second kappa shape index (κ2) is 61.6. The number of unbranched alkanes of at least 4 members (excludes halogenated alkanes) is 40. The van der Waals surface area contributed by atoms with Crippen LogP contribution < -0.4 is 0 Å². The zero-order valence-corrected chi connectivity index (χ0v) is 57.9. The second-order valence-corrected chi connectivity index (χ2v) is 27.9. The Morgan fingerprint density at radius 1 is 0.310 bits per heavy atom. The van der Waals surface area contributed by atoms with E-state index < -0.39 is 97.5 Å². The normalized spacial score (nSPS) is 14.1. The van der Waals surface area contributed by atoms with Crippen LogP contribution in [0.15, 0.2) is 0 Å². The molecule has 19 heteroatoms. The Morgan fingerprint density at radius 3 is 0.782 bits per heavy atom. The van der Waals surface area contributed by atoms with Gasteiger partial charge in [-0.2, -0.15) is 0 Å². The summed E-state index contributed by atoms with van der Waals surface area (Å²) in [7, 11) is -9.89. The molecule has 516 valence electrons. The lowest BCUT2D eigenvalue weighted by atomic mass is 10.0. The van der Waals surface area contributed by atoms with Gasteiger partial charge in [0.1, 0.15) is 19.3 Å². The molecular formula is C68H132O17P2. The van der Waals surface area contributed by atoms with Crippen LogP contribution in [0.5, 0.6) is 0 Å². The molecule has 17 nitrogen and oxygen atoms in total. The molecule has 87 heavy (non-hydrogen) atoms. The molecule has 3 N–H and O–H groups in total. The first kappa shape index (κ1) is 85.1. The smallest absolute Gasteiger partial charge is 0.462 e. The van der Waals surface area contributed by atoms with E-state index in [1.54, 1.807) is 0 Å². The fraction of sp³-hybridized carbons (Fsp3) is 0.941. The molecule has 0 aromatic rings. The minimum atomic E-state index is -4.95. The fourth-order valence-corrected chi connectivity index (χ4v) is 11.9. The van der Waals surface area contributed by atoms with Gasteiger partial charge in [0.05, 0.1) is 26.4 Å². The van der Waals surface area contributed by atoms with Crippen molar-refractivity contribution in [2.75, 3.05) is 39.6 Å². The number of hydrogen-bond acceptors (Lipinski definition) is 15. The average molecular weight is 1280 g/mol. The van der Waals surface area contributed by atoms with Crippen LogP contribution >= 0.6 is 15.6 Å². The number of ether oxygens (including phenoxy) is 4. The quantitative estimate of drug-likeness (QED) is 0.0222. The number of carbonyl (C=O) groups is 4. The van der Waals surface area contributed by atoms with Gasteiger partial charge in [0.2, 0.25) is 0 Å². The van der Waals surface area contributed by atoms with Gasteiger partial charge in [0, 0.05) is 25.7 Å². The van der Waals surface area contributed by atoms with Gasteiger partial charge in [0.15, 0.2) is 12.2 Å². The Kier molecular flexibility index (Phi) is 60.2. The van der Waals surface area contributed by atoms with Gasteiger partial charge in [0.25, 0.3) is 0 Å². The fourth-order valence-electron chi connectivity index (χ4n) is 10.3. The maximum Gasteiger partial charge on any atom is 0.472 e. The van der Waals surface area contributed by atoms with Crippen LogP contribution in [0.25, 0.3) is 0 Å². The van der Waals surface area contributed by atoms with E-state index in [9.17, 15) is 43.2 Å². The summed E-state index contributed by atoms with van der Waals surface area (Å²) in [6.45, 7) is 7.12. The van der Waals surface area contributed by atoms with Crippen LogP contribution in [0.4, 0.5) is 0 Å². The zero-order chi connectivity index (χ0) is 64.2. The first-order valence-electron chi connectivity index (χ1n) is 35.6. The Bertz CT molecular complexity index is 1690. The first-order chi connectivity index (χ1) is 42.0. The van der Waals surface area contributed by atoms with Crippen LogP contribution in [0.2, 0.25) is 0 Å². The summed E-state index contributed by atoms with van der Waals surface area (Å²) in [5, 5.41) is 10.6. The third-order valence-corrected chi connectivity index (χ3v) is 17.7. The number of phosphoric ester groups is 2. The highest BCUT2D eigenvalue weighted by Gasteiger charge is 2.30. The topological polar surface area (TPSA) is 237 Å². The van der Waals surface area contributed by atoms with Crippen LogP contribution in [0.1, 0.15) is 349 Å². The van der Waals surface area contributed by atoms with Gasteiger partial charge in [-0.25, -0.2) is 9.13 Å². The molecule has 0 aromatic carbocycles. The molecule has 0 saturated carbocycles. The summed E-state index contributed by atoms with van der Waals surface area (Å²) in [4.78, 5) is 72.3. The molecule has 0 amide bonds. The summed E-state index contributed by atoms with van der Waals surface area (Å²) in [6.07, 6.45) is 47.3. The first-order valence-corrected chi connectivity index (χ1v) is 38.6. The van der Waals surface area contributed by atoms with Crippen molar-refractivity contribution in [3.8, 4) is 0 Å². The molecule has 0 aromatic heterocycles. The lowest BCUT2D eigenvalue weighted by Crippen LogP contribution is -2.30. The molecule has 0 aliphatic carbocycles. The van der Waals surface area contributed by atoms with E-state index in [4.69, 9.17) is 37.0 Å². The predicted molar refractivity (Wildman–Crippen MR) is 349 cm³/mol. The molecule has 0 aliphatic rings. The summed E-state index contributed by atoms with van der Waals surface area (Å²) in [6, 6.07) is 0. The molecule has 0 saturated heterocycles. The number of carbonyl (C=O) groups excluding carboxylic acids is 4. The Hall–Kier alpha value is -1.94. The van der Waals surface area contributed by atoms with E-state index in [2.05, 4.69) is 34.6 Å². The van der Waals surface area contributed by atoms with Gasteiger partial charge < -0.3 is 33.8 Å². The van der Waals surface area contributed by atoms with Crippen molar-refractivity contribution < 1.29 is 80.2 Å². The van der Waals surface area contributed by atoms with Gasteiger partial charge >= 0.3 is 39.5 Å². The summed E-state index contributed by atoms with van der Waals surface area (Å²) in [5.74, 6) is -1.46. The van der Waals surface area contributed by atoms with Crippen molar-refractivity contribution in [1.29, 1.82) is 0 Å². The SMILES string of the molecule is CCCCCCCCCCCCCCCCCCCC(=O)O[C@H](COC(=O)CCCCCCCCCCCCCC)COP(=O)(O)OC[C@@H](O)COP(=O)(O)OC[C@@H](COC(=O)CCCCCCCCCCC)OC(=O)CCCCCCCCC(C)C. The van der Waals surface area contributed by atoms with Gasteiger partial charge in [-0.15, -0.1) is 0 Å². The number of esters is 4. The summed E-state index contributed by atoms with van der Waals surface area (Å²) in [5.41, 5.74) is 0. The highest BCUT2D eigenvalue weighted by atomic mass is 31.2. The van der Waals surface area contributed by atoms with Crippen LogP contribution in [-0.2, 0) is 65.4 Å². The number of phosphoric acid groups is 2.